The number of nitrogens with zero attached hydrogens (tertiary/aromatic N) is 3. The van der Waals surface area contributed by atoms with E-state index in [1.807, 2.05) is 19.9 Å². The van der Waals surface area contributed by atoms with E-state index >= 15 is 0 Å². The molecule has 0 unspecified atom stereocenters. The summed E-state index contributed by atoms with van der Waals surface area (Å²) in [5.74, 6) is -1.47. The number of rotatable bonds is 5. The number of halogens is 2. The quantitative estimate of drug-likeness (QED) is 0.910. The van der Waals surface area contributed by atoms with Crippen LogP contribution in [0.3, 0.4) is 0 Å². The van der Waals surface area contributed by atoms with E-state index < -0.39 is 23.3 Å². The highest BCUT2D eigenvalue weighted by molar-refractivity contribution is 5.38. The number of hydrogen-bond acceptors (Lipinski definition) is 4. The summed E-state index contributed by atoms with van der Waals surface area (Å²) >= 11 is 0. The molecule has 1 aromatic carbocycles. The normalized spacial score (nSPS) is 12.0. The highest BCUT2D eigenvalue weighted by atomic mass is 19.1. The van der Waals surface area contributed by atoms with Gasteiger partial charge in [-0.3, -0.25) is 4.79 Å². The number of benzene rings is 1. The van der Waals surface area contributed by atoms with E-state index in [2.05, 4.69) is 5.10 Å². The van der Waals surface area contributed by atoms with Gasteiger partial charge in [-0.1, -0.05) is 13.8 Å². The maximum absolute atomic E-state index is 13.7. The first-order valence-electron chi connectivity index (χ1n) is 7.58. The van der Waals surface area contributed by atoms with Crippen LogP contribution in [0.4, 0.5) is 8.78 Å². The van der Waals surface area contributed by atoms with Crippen LogP contribution < -0.4 is 5.56 Å². The molecule has 0 radical (unpaired) electrons. The highest BCUT2D eigenvalue weighted by Crippen LogP contribution is 2.20. The lowest BCUT2D eigenvalue weighted by atomic mass is 10.0. The maximum atomic E-state index is 13.7. The lowest BCUT2D eigenvalue weighted by Crippen LogP contribution is -2.31. The fraction of sp³-hybridized carbons (Fsp3) is 0.353. The van der Waals surface area contributed by atoms with Gasteiger partial charge in [0, 0.05) is 5.56 Å². The topological polar surface area (TPSA) is 78.9 Å². The first kappa shape index (κ1) is 17.8. The minimum absolute atomic E-state index is 0.0312. The molecule has 1 aromatic heterocycles. The molecule has 1 atom stereocenters. The molecule has 0 bridgehead atoms. The molecule has 0 fully saturated rings. The van der Waals surface area contributed by atoms with E-state index in [4.69, 9.17) is 0 Å². The van der Waals surface area contributed by atoms with Gasteiger partial charge >= 0.3 is 0 Å². The number of aromatic nitrogens is 2. The summed E-state index contributed by atoms with van der Waals surface area (Å²) < 4.78 is 27.9. The van der Waals surface area contributed by atoms with Crippen LogP contribution in [0.2, 0.25) is 0 Å². The van der Waals surface area contributed by atoms with Crippen LogP contribution in [0.5, 0.6) is 0 Å². The van der Waals surface area contributed by atoms with Crippen molar-refractivity contribution in [3.8, 4) is 6.07 Å². The third-order valence-electron chi connectivity index (χ3n) is 3.80. The van der Waals surface area contributed by atoms with Gasteiger partial charge in [0.25, 0.3) is 5.56 Å². The van der Waals surface area contributed by atoms with Crippen LogP contribution in [-0.2, 0) is 19.4 Å². The molecule has 24 heavy (non-hydrogen) atoms. The molecule has 0 aliphatic rings. The molecule has 1 N–H and O–H groups in total. The second kappa shape index (κ2) is 7.32. The minimum atomic E-state index is -1.46. The maximum Gasteiger partial charge on any atom is 0.285 e. The van der Waals surface area contributed by atoms with Crippen LogP contribution in [0.25, 0.3) is 0 Å². The first-order chi connectivity index (χ1) is 11.4. The zero-order valence-electron chi connectivity index (χ0n) is 13.4. The number of aryl methyl sites for hydroxylation is 1. The molecule has 2 aromatic rings. The van der Waals surface area contributed by atoms with Crippen molar-refractivity contribution in [1.29, 1.82) is 5.26 Å². The summed E-state index contributed by atoms with van der Waals surface area (Å²) in [6, 6.07) is 4.59. The van der Waals surface area contributed by atoms with Crippen molar-refractivity contribution in [1.82, 2.24) is 9.78 Å². The van der Waals surface area contributed by atoms with E-state index in [-0.39, 0.29) is 17.7 Å². The van der Waals surface area contributed by atoms with Crippen molar-refractivity contribution < 1.29 is 13.9 Å². The van der Waals surface area contributed by atoms with Gasteiger partial charge in [0.2, 0.25) is 0 Å². The smallest absolute Gasteiger partial charge is 0.285 e. The number of nitriles is 1. The van der Waals surface area contributed by atoms with Crippen LogP contribution in [-0.4, -0.2) is 14.9 Å². The van der Waals surface area contributed by atoms with Crippen molar-refractivity contribution in [2.75, 3.05) is 0 Å². The van der Waals surface area contributed by atoms with Crippen LogP contribution in [0.15, 0.2) is 23.0 Å². The molecular weight excluding hydrogens is 316 g/mol. The minimum Gasteiger partial charge on any atom is -0.386 e. The fourth-order valence-corrected chi connectivity index (χ4v) is 2.59. The summed E-state index contributed by atoms with van der Waals surface area (Å²) in [6.45, 7) is 3.28. The fourth-order valence-electron chi connectivity index (χ4n) is 2.59. The number of hydrogen-bond donors (Lipinski definition) is 1. The second-order valence-electron chi connectivity index (χ2n) is 5.29. The summed E-state index contributed by atoms with van der Waals surface area (Å²) in [5, 5.41) is 23.6. The third-order valence-corrected chi connectivity index (χ3v) is 3.80. The Kier molecular flexibility index (Phi) is 5.42. The van der Waals surface area contributed by atoms with Crippen LogP contribution in [0, 0.1) is 23.0 Å². The van der Waals surface area contributed by atoms with E-state index in [9.17, 15) is 23.9 Å². The number of aliphatic hydroxyl groups excluding tert-OH is 1. The average Bonchev–Trinajstić information content (AvgIpc) is 2.57. The summed E-state index contributed by atoms with van der Waals surface area (Å²) in [7, 11) is 0. The van der Waals surface area contributed by atoms with Crippen molar-refractivity contribution in [2.45, 2.75) is 39.3 Å². The molecule has 0 aliphatic heterocycles. The Morgan fingerprint density at radius 2 is 2.04 bits per heavy atom. The zero-order chi connectivity index (χ0) is 17.9. The van der Waals surface area contributed by atoms with E-state index in [0.717, 1.165) is 22.9 Å². The Bertz CT molecular complexity index is 856. The predicted molar refractivity (Wildman–Crippen MR) is 83.3 cm³/mol. The van der Waals surface area contributed by atoms with Gasteiger partial charge in [0.15, 0.2) is 0 Å². The van der Waals surface area contributed by atoms with Gasteiger partial charge in [-0.05, 0) is 36.6 Å². The SMILES string of the molecule is CCc1nn(C[C@H](O)c2cc(F)ccc2F)c(=O)c(C#N)c1CC. The van der Waals surface area contributed by atoms with Crippen molar-refractivity contribution >= 4 is 0 Å². The average molecular weight is 333 g/mol. The van der Waals surface area contributed by atoms with Gasteiger partial charge in [-0.25, -0.2) is 13.5 Å². The summed E-state index contributed by atoms with van der Waals surface area (Å²) in [6.07, 6.45) is -0.478. The molecule has 0 spiro atoms. The van der Waals surface area contributed by atoms with Gasteiger partial charge in [0.1, 0.15) is 29.4 Å². The lowest BCUT2D eigenvalue weighted by molar-refractivity contribution is 0.144. The third kappa shape index (κ3) is 3.34. The standard InChI is InChI=1S/C17H17F2N3O2/c1-3-11-13(8-20)17(24)22(21-15(11)4-2)9-16(23)12-7-10(18)5-6-14(12)19/h5-7,16,23H,3-4,9H2,1-2H3/t16-/m0/s1. The van der Waals surface area contributed by atoms with Crippen molar-refractivity contribution in [3.05, 3.63) is 62.6 Å². The Balaban J connectivity index is 2.48. The highest BCUT2D eigenvalue weighted by Gasteiger charge is 2.19. The lowest BCUT2D eigenvalue weighted by Gasteiger charge is -2.16. The predicted octanol–water partition coefficient (Wildman–Crippen LogP) is 2.25. The van der Waals surface area contributed by atoms with Crippen LogP contribution >= 0.6 is 0 Å². The Labute approximate surface area is 137 Å². The molecule has 5 nitrogen and oxygen atoms in total. The molecule has 0 saturated heterocycles. The monoisotopic (exact) mass is 333 g/mol. The van der Waals surface area contributed by atoms with Gasteiger partial charge in [-0.15, -0.1) is 0 Å². The molecule has 7 heteroatoms. The van der Waals surface area contributed by atoms with Crippen LogP contribution in [0.1, 0.15) is 42.3 Å². The Hall–Kier alpha value is -2.59. The summed E-state index contributed by atoms with van der Waals surface area (Å²) in [5.41, 5.74) is 0.201. The molecule has 0 amide bonds. The van der Waals surface area contributed by atoms with Gasteiger partial charge in [0.05, 0.1) is 12.2 Å². The molecule has 1 heterocycles. The largest absolute Gasteiger partial charge is 0.386 e. The van der Waals surface area contributed by atoms with Crippen molar-refractivity contribution in [2.24, 2.45) is 0 Å². The molecule has 126 valence electrons. The van der Waals surface area contributed by atoms with E-state index in [1.165, 1.54) is 0 Å². The molecule has 0 aliphatic carbocycles. The van der Waals surface area contributed by atoms with Gasteiger partial charge in [-0.2, -0.15) is 10.4 Å². The zero-order valence-corrected chi connectivity index (χ0v) is 13.4. The molecule has 2 rings (SSSR count). The molecule has 0 saturated carbocycles. The molecular formula is C17H17F2N3O2. The number of aliphatic hydroxyl groups is 1. The Morgan fingerprint density at radius 3 is 2.62 bits per heavy atom. The second-order valence-corrected chi connectivity index (χ2v) is 5.29. The first-order valence-corrected chi connectivity index (χ1v) is 7.58. The van der Waals surface area contributed by atoms with E-state index in [1.54, 1.807) is 0 Å². The van der Waals surface area contributed by atoms with Crippen molar-refractivity contribution in [3.63, 3.8) is 0 Å². The van der Waals surface area contributed by atoms with E-state index in [0.29, 0.717) is 24.1 Å². The van der Waals surface area contributed by atoms with Gasteiger partial charge < -0.3 is 5.11 Å². The summed E-state index contributed by atoms with van der Waals surface area (Å²) in [4.78, 5) is 12.4. The Morgan fingerprint density at radius 1 is 1.33 bits per heavy atom.